The van der Waals surface area contributed by atoms with Gasteiger partial charge in [0.1, 0.15) is 5.75 Å². The van der Waals surface area contributed by atoms with Gasteiger partial charge in [-0.25, -0.2) is 0 Å². The molecule has 0 saturated carbocycles. The van der Waals surface area contributed by atoms with Crippen molar-refractivity contribution in [2.24, 2.45) is 5.92 Å². The lowest BCUT2D eigenvalue weighted by atomic mass is 9.91. The van der Waals surface area contributed by atoms with Gasteiger partial charge in [-0.1, -0.05) is 25.1 Å². The first-order valence-electron chi connectivity index (χ1n) is 8.97. The molecule has 1 fully saturated rings. The Hall–Kier alpha value is -1.59. The van der Waals surface area contributed by atoms with Crippen molar-refractivity contribution in [3.63, 3.8) is 0 Å². The number of hydrazine groups is 1. The Morgan fingerprint density at radius 3 is 2.50 bits per heavy atom. The van der Waals surface area contributed by atoms with Crippen LogP contribution in [0, 0.1) is 5.92 Å². The first-order chi connectivity index (χ1) is 11.6. The van der Waals surface area contributed by atoms with Crippen LogP contribution in [0.1, 0.15) is 45.6 Å². The van der Waals surface area contributed by atoms with Crippen LogP contribution in [-0.4, -0.2) is 36.5 Å². The average molecular weight is 333 g/mol. The lowest BCUT2D eigenvalue weighted by molar-refractivity contribution is -0.132. The van der Waals surface area contributed by atoms with E-state index in [2.05, 4.69) is 31.6 Å². The van der Waals surface area contributed by atoms with Gasteiger partial charge in [0, 0.05) is 37.2 Å². The molecule has 134 valence electrons. The van der Waals surface area contributed by atoms with E-state index in [9.17, 15) is 4.79 Å². The number of methoxy groups -OCH3 is 1. The van der Waals surface area contributed by atoms with E-state index in [0.29, 0.717) is 31.0 Å². The molecule has 2 rings (SSSR count). The summed E-state index contributed by atoms with van der Waals surface area (Å²) in [7, 11) is 1.67. The molecule has 0 aliphatic carbocycles. The third-order valence-electron chi connectivity index (χ3n) is 4.91. The normalized spacial score (nSPS) is 23.2. The second-order valence-corrected chi connectivity index (χ2v) is 6.70. The zero-order valence-electron chi connectivity index (χ0n) is 15.3. The van der Waals surface area contributed by atoms with Gasteiger partial charge in [-0.15, -0.1) is 0 Å². The van der Waals surface area contributed by atoms with Crippen LogP contribution >= 0.6 is 0 Å². The third kappa shape index (κ3) is 4.71. The van der Waals surface area contributed by atoms with Crippen LogP contribution in [0.15, 0.2) is 24.3 Å². The zero-order valence-corrected chi connectivity index (χ0v) is 15.3. The van der Waals surface area contributed by atoms with Crippen molar-refractivity contribution in [2.75, 3.05) is 13.7 Å². The van der Waals surface area contributed by atoms with Gasteiger partial charge in [-0.2, -0.15) is 0 Å². The van der Waals surface area contributed by atoms with Gasteiger partial charge in [0.15, 0.2) is 0 Å². The summed E-state index contributed by atoms with van der Waals surface area (Å²) in [5.74, 6) is 1.57. The van der Waals surface area contributed by atoms with Crippen molar-refractivity contribution in [1.29, 1.82) is 0 Å². The fourth-order valence-corrected chi connectivity index (χ4v) is 3.46. The van der Waals surface area contributed by atoms with Gasteiger partial charge in [-0.3, -0.25) is 15.6 Å². The average Bonchev–Trinajstić information content (AvgIpc) is 2.91. The molecule has 0 aromatic heterocycles. The molecule has 0 spiro atoms. The second-order valence-electron chi connectivity index (χ2n) is 6.70. The van der Waals surface area contributed by atoms with Crippen LogP contribution in [0.4, 0.5) is 0 Å². The number of para-hydroxylation sites is 1. The molecule has 1 aliphatic heterocycles. The Morgan fingerprint density at radius 2 is 1.88 bits per heavy atom. The Balaban J connectivity index is 1.97. The number of nitrogens with one attached hydrogen (secondary N) is 2. The number of hydrogen-bond acceptors (Lipinski definition) is 4. The van der Waals surface area contributed by atoms with Crippen molar-refractivity contribution >= 4 is 5.91 Å². The summed E-state index contributed by atoms with van der Waals surface area (Å²) in [4.78, 5) is 14.7. The smallest absolute Gasteiger partial charge is 0.222 e. The van der Waals surface area contributed by atoms with Gasteiger partial charge in [0.2, 0.25) is 5.91 Å². The SMILES string of the molecule is CCCN(Cc1ccccc1OC)C(=O)CCC1C(C)NNC1C. The van der Waals surface area contributed by atoms with E-state index in [1.807, 2.05) is 29.2 Å². The zero-order chi connectivity index (χ0) is 17.5. The summed E-state index contributed by atoms with van der Waals surface area (Å²) in [6.45, 7) is 7.85. The second kappa shape index (κ2) is 9.04. The molecule has 24 heavy (non-hydrogen) atoms. The Kier molecular flexibility index (Phi) is 7.06. The molecule has 1 aromatic carbocycles. The molecule has 5 heteroatoms. The summed E-state index contributed by atoms with van der Waals surface area (Å²) in [5.41, 5.74) is 7.58. The molecule has 0 bridgehead atoms. The lowest BCUT2D eigenvalue weighted by Gasteiger charge is -2.25. The summed E-state index contributed by atoms with van der Waals surface area (Å²) in [5, 5.41) is 0. The molecule has 1 amide bonds. The minimum Gasteiger partial charge on any atom is -0.496 e. The number of amides is 1. The van der Waals surface area contributed by atoms with Crippen LogP contribution in [0.2, 0.25) is 0 Å². The summed E-state index contributed by atoms with van der Waals surface area (Å²) >= 11 is 0. The Morgan fingerprint density at radius 1 is 1.21 bits per heavy atom. The highest BCUT2D eigenvalue weighted by molar-refractivity contribution is 5.76. The highest BCUT2D eigenvalue weighted by Gasteiger charge is 2.30. The summed E-state index contributed by atoms with van der Waals surface area (Å²) < 4.78 is 5.42. The Bertz CT molecular complexity index is 525. The van der Waals surface area contributed by atoms with E-state index in [0.717, 1.165) is 30.7 Å². The quantitative estimate of drug-likeness (QED) is 0.768. The van der Waals surface area contributed by atoms with Gasteiger partial charge < -0.3 is 9.64 Å². The molecule has 0 radical (unpaired) electrons. The van der Waals surface area contributed by atoms with Crippen LogP contribution in [0.3, 0.4) is 0 Å². The maximum atomic E-state index is 12.8. The maximum absolute atomic E-state index is 12.8. The molecule has 1 heterocycles. The molecule has 1 saturated heterocycles. The molecule has 2 atom stereocenters. The highest BCUT2D eigenvalue weighted by Crippen LogP contribution is 2.23. The van der Waals surface area contributed by atoms with E-state index in [4.69, 9.17) is 4.74 Å². The molecular formula is C19H31N3O2. The summed E-state index contributed by atoms with van der Waals surface area (Å²) in [6.07, 6.45) is 2.46. The van der Waals surface area contributed by atoms with E-state index in [1.165, 1.54) is 0 Å². The predicted molar refractivity (Wildman–Crippen MR) is 96.6 cm³/mol. The van der Waals surface area contributed by atoms with Crippen molar-refractivity contribution in [3.05, 3.63) is 29.8 Å². The topological polar surface area (TPSA) is 53.6 Å². The number of carbonyl (C=O) groups excluding carboxylic acids is 1. The summed E-state index contributed by atoms with van der Waals surface area (Å²) in [6, 6.07) is 8.73. The number of benzene rings is 1. The first-order valence-corrected chi connectivity index (χ1v) is 8.97. The largest absolute Gasteiger partial charge is 0.496 e. The minimum atomic E-state index is 0.231. The number of hydrogen-bond donors (Lipinski definition) is 2. The van der Waals surface area contributed by atoms with Crippen LogP contribution in [0.5, 0.6) is 5.75 Å². The standard InChI is InChI=1S/C19H31N3O2/c1-5-12-22(13-16-8-6-7-9-18(16)24-4)19(23)11-10-17-14(2)20-21-15(17)3/h6-9,14-15,17,20-21H,5,10-13H2,1-4H3. The number of nitrogens with zero attached hydrogens (tertiary/aromatic N) is 1. The number of ether oxygens (including phenoxy) is 1. The third-order valence-corrected chi connectivity index (χ3v) is 4.91. The molecule has 5 nitrogen and oxygen atoms in total. The van der Waals surface area contributed by atoms with E-state index in [1.54, 1.807) is 7.11 Å². The van der Waals surface area contributed by atoms with Crippen LogP contribution in [-0.2, 0) is 11.3 Å². The van der Waals surface area contributed by atoms with Crippen molar-refractivity contribution in [3.8, 4) is 5.75 Å². The van der Waals surface area contributed by atoms with Crippen LogP contribution < -0.4 is 15.6 Å². The predicted octanol–water partition coefficient (Wildman–Crippen LogP) is 2.72. The van der Waals surface area contributed by atoms with E-state index in [-0.39, 0.29) is 5.91 Å². The molecule has 1 aromatic rings. The fourth-order valence-electron chi connectivity index (χ4n) is 3.46. The molecule has 2 unspecified atom stereocenters. The van der Waals surface area contributed by atoms with Crippen molar-refractivity contribution in [2.45, 2.75) is 58.7 Å². The van der Waals surface area contributed by atoms with E-state index < -0.39 is 0 Å². The van der Waals surface area contributed by atoms with Gasteiger partial charge >= 0.3 is 0 Å². The Labute approximate surface area is 145 Å². The van der Waals surface area contributed by atoms with Gasteiger partial charge in [0.25, 0.3) is 0 Å². The number of rotatable bonds is 8. The van der Waals surface area contributed by atoms with Gasteiger partial charge in [0.05, 0.1) is 7.11 Å². The monoisotopic (exact) mass is 333 g/mol. The molecule has 1 aliphatic rings. The van der Waals surface area contributed by atoms with E-state index >= 15 is 0 Å². The first kappa shape index (κ1) is 18.7. The highest BCUT2D eigenvalue weighted by atomic mass is 16.5. The maximum Gasteiger partial charge on any atom is 0.222 e. The van der Waals surface area contributed by atoms with Crippen molar-refractivity contribution in [1.82, 2.24) is 15.8 Å². The van der Waals surface area contributed by atoms with Crippen LogP contribution in [0.25, 0.3) is 0 Å². The molecule has 2 N–H and O–H groups in total. The minimum absolute atomic E-state index is 0.231. The molecular weight excluding hydrogens is 302 g/mol. The number of carbonyl (C=O) groups is 1. The lowest BCUT2D eigenvalue weighted by Crippen LogP contribution is -2.33. The van der Waals surface area contributed by atoms with Gasteiger partial charge in [-0.05, 0) is 38.7 Å². The fraction of sp³-hybridized carbons (Fsp3) is 0.632. The van der Waals surface area contributed by atoms with Crippen molar-refractivity contribution < 1.29 is 9.53 Å².